The first-order valence-corrected chi connectivity index (χ1v) is 7.08. The molecule has 0 saturated carbocycles. The van der Waals surface area contributed by atoms with Crippen molar-refractivity contribution in [2.24, 2.45) is 0 Å². The lowest BCUT2D eigenvalue weighted by molar-refractivity contribution is -0.174. The highest BCUT2D eigenvalue weighted by atomic mass is 19.4. The summed E-state index contributed by atoms with van der Waals surface area (Å²) in [4.78, 5) is 0. The van der Waals surface area contributed by atoms with Gasteiger partial charge in [0.2, 0.25) is 0 Å². The number of benzene rings is 1. The Hall–Kier alpha value is -2.69. The molecule has 2 heterocycles. The van der Waals surface area contributed by atoms with Gasteiger partial charge in [0.25, 0.3) is 0 Å². The lowest BCUT2D eigenvalue weighted by Crippen LogP contribution is -2.20. The number of fused-ring (bicyclic) bond motifs is 1. The standard InChI is InChI=1S/C13H14F3N7O/c14-13(15,16)8-24-5-4-23-12(20-21-22-23)7-17-10-2-1-3-11-9(10)6-18-19-11/h1-3,6,17H,4-5,7-8H2,(H,18,19). The molecule has 0 aliphatic carbocycles. The number of hydrogen-bond acceptors (Lipinski definition) is 6. The molecule has 0 aliphatic rings. The molecule has 128 valence electrons. The minimum absolute atomic E-state index is 0.130. The molecule has 2 aromatic heterocycles. The molecule has 0 unspecified atom stereocenters. The second-order valence-electron chi connectivity index (χ2n) is 4.98. The minimum atomic E-state index is -4.34. The molecule has 3 rings (SSSR count). The van der Waals surface area contributed by atoms with E-state index in [2.05, 4.69) is 35.8 Å². The summed E-state index contributed by atoms with van der Waals surface area (Å²) in [5.41, 5.74) is 1.74. The van der Waals surface area contributed by atoms with E-state index in [4.69, 9.17) is 0 Å². The summed E-state index contributed by atoms with van der Waals surface area (Å²) >= 11 is 0. The number of H-pyrrole nitrogens is 1. The molecule has 3 aromatic rings. The highest BCUT2D eigenvalue weighted by Gasteiger charge is 2.27. The first-order valence-electron chi connectivity index (χ1n) is 7.08. The van der Waals surface area contributed by atoms with Crippen molar-refractivity contribution in [1.29, 1.82) is 0 Å². The zero-order chi connectivity index (χ0) is 17.0. The minimum Gasteiger partial charge on any atom is -0.377 e. The summed E-state index contributed by atoms with van der Waals surface area (Å²) in [6.07, 6.45) is -2.64. The lowest BCUT2D eigenvalue weighted by atomic mass is 10.2. The van der Waals surface area contributed by atoms with E-state index >= 15 is 0 Å². The van der Waals surface area contributed by atoms with Crippen LogP contribution in [0.4, 0.5) is 18.9 Å². The number of hydrogen-bond donors (Lipinski definition) is 2. The second-order valence-corrected chi connectivity index (χ2v) is 4.98. The fourth-order valence-electron chi connectivity index (χ4n) is 2.16. The fraction of sp³-hybridized carbons (Fsp3) is 0.385. The smallest absolute Gasteiger partial charge is 0.377 e. The van der Waals surface area contributed by atoms with Gasteiger partial charge in [0.05, 0.1) is 31.4 Å². The van der Waals surface area contributed by atoms with E-state index in [0.717, 1.165) is 16.6 Å². The van der Waals surface area contributed by atoms with Gasteiger partial charge >= 0.3 is 6.18 Å². The third-order valence-corrected chi connectivity index (χ3v) is 3.24. The van der Waals surface area contributed by atoms with Crippen LogP contribution in [0, 0.1) is 0 Å². The van der Waals surface area contributed by atoms with E-state index in [1.165, 1.54) is 4.68 Å². The van der Waals surface area contributed by atoms with E-state index in [1.54, 1.807) is 6.20 Å². The molecular formula is C13H14F3N7O. The lowest BCUT2D eigenvalue weighted by Gasteiger charge is -2.09. The van der Waals surface area contributed by atoms with Gasteiger partial charge in [-0.15, -0.1) is 5.10 Å². The van der Waals surface area contributed by atoms with Crippen molar-refractivity contribution in [3.63, 3.8) is 0 Å². The van der Waals surface area contributed by atoms with Gasteiger partial charge in [-0.2, -0.15) is 18.3 Å². The van der Waals surface area contributed by atoms with E-state index in [9.17, 15) is 13.2 Å². The molecule has 0 radical (unpaired) electrons. The average Bonchev–Trinajstić information content (AvgIpc) is 3.17. The third kappa shape index (κ3) is 3.98. The monoisotopic (exact) mass is 341 g/mol. The molecule has 24 heavy (non-hydrogen) atoms. The molecule has 0 aliphatic heterocycles. The second kappa shape index (κ2) is 6.83. The molecule has 0 amide bonds. The maximum atomic E-state index is 12.0. The van der Waals surface area contributed by atoms with Gasteiger partial charge in [0.1, 0.15) is 6.61 Å². The number of ether oxygens (including phenoxy) is 1. The molecule has 0 fully saturated rings. The first-order chi connectivity index (χ1) is 11.5. The quantitative estimate of drug-likeness (QED) is 0.636. The molecule has 11 heteroatoms. The third-order valence-electron chi connectivity index (χ3n) is 3.24. The molecule has 0 atom stereocenters. The molecule has 1 aromatic carbocycles. The van der Waals surface area contributed by atoms with Gasteiger partial charge in [0.15, 0.2) is 5.82 Å². The van der Waals surface area contributed by atoms with Crippen molar-refractivity contribution in [1.82, 2.24) is 30.4 Å². The predicted molar refractivity (Wildman–Crippen MR) is 78.1 cm³/mol. The van der Waals surface area contributed by atoms with Crippen LogP contribution in [0.1, 0.15) is 5.82 Å². The van der Waals surface area contributed by atoms with Gasteiger partial charge in [-0.1, -0.05) is 6.07 Å². The Kier molecular flexibility index (Phi) is 4.60. The van der Waals surface area contributed by atoms with Crippen LogP contribution in [0.3, 0.4) is 0 Å². The summed E-state index contributed by atoms with van der Waals surface area (Å²) < 4.78 is 42.0. The Bertz CT molecular complexity index is 798. The summed E-state index contributed by atoms with van der Waals surface area (Å²) in [6, 6.07) is 5.66. The van der Waals surface area contributed by atoms with E-state index in [1.807, 2.05) is 18.2 Å². The highest BCUT2D eigenvalue weighted by Crippen LogP contribution is 2.21. The molecule has 0 bridgehead atoms. The van der Waals surface area contributed by atoms with Crippen LogP contribution in [-0.2, 0) is 17.8 Å². The number of nitrogens with one attached hydrogen (secondary N) is 2. The number of aromatic amines is 1. The summed E-state index contributed by atoms with van der Waals surface area (Å²) in [5, 5.41) is 22.1. The topological polar surface area (TPSA) is 93.5 Å². The Labute approximate surface area is 134 Å². The summed E-state index contributed by atoms with van der Waals surface area (Å²) in [5.74, 6) is 0.492. The zero-order valence-electron chi connectivity index (χ0n) is 12.4. The summed E-state index contributed by atoms with van der Waals surface area (Å²) in [6.45, 7) is -0.966. The molecule has 2 N–H and O–H groups in total. The molecule has 0 spiro atoms. The SMILES string of the molecule is FC(F)(F)COCCn1nnnc1CNc1cccc2[nH]ncc12. The van der Waals surface area contributed by atoms with Crippen molar-refractivity contribution >= 4 is 16.6 Å². The Morgan fingerprint density at radius 3 is 3.00 bits per heavy atom. The number of anilines is 1. The van der Waals surface area contributed by atoms with Gasteiger partial charge < -0.3 is 10.1 Å². The molecule has 0 saturated heterocycles. The summed E-state index contributed by atoms with van der Waals surface area (Å²) in [7, 11) is 0. The van der Waals surface area contributed by atoms with Crippen molar-refractivity contribution in [3.8, 4) is 0 Å². The van der Waals surface area contributed by atoms with Crippen LogP contribution in [0.5, 0.6) is 0 Å². The van der Waals surface area contributed by atoms with Gasteiger partial charge in [-0.3, -0.25) is 5.10 Å². The maximum Gasteiger partial charge on any atom is 0.411 e. The van der Waals surface area contributed by atoms with Crippen molar-refractivity contribution < 1.29 is 17.9 Å². The van der Waals surface area contributed by atoms with Crippen LogP contribution >= 0.6 is 0 Å². The fourth-order valence-corrected chi connectivity index (χ4v) is 2.16. The molecule has 8 nitrogen and oxygen atoms in total. The van der Waals surface area contributed by atoms with Crippen molar-refractivity contribution in [2.45, 2.75) is 19.3 Å². The van der Waals surface area contributed by atoms with Crippen molar-refractivity contribution in [3.05, 3.63) is 30.2 Å². The molecular weight excluding hydrogens is 327 g/mol. The number of aromatic nitrogens is 6. The normalized spacial score (nSPS) is 12.0. The van der Waals surface area contributed by atoms with Gasteiger partial charge in [0, 0.05) is 11.1 Å². The van der Waals surface area contributed by atoms with E-state index in [-0.39, 0.29) is 13.2 Å². The Morgan fingerprint density at radius 1 is 1.29 bits per heavy atom. The van der Waals surface area contributed by atoms with Gasteiger partial charge in [-0.25, -0.2) is 4.68 Å². The largest absolute Gasteiger partial charge is 0.411 e. The zero-order valence-corrected chi connectivity index (χ0v) is 12.4. The van der Waals surface area contributed by atoms with Crippen molar-refractivity contribution in [2.75, 3.05) is 18.5 Å². The van der Waals surface area contributed by atoms with Crippen LogP contribution in [-0.4, -0.2) is 49.8 Å². The van der Waals surface area contributed by atoms with Crippen LogP contribution in [0.15, 0.2) is 24.4 Å². The Balaban J connectivity index is 1.57. The number of nitrogens with zero attached hydrogens (tertiary/aromatic N) is 5. The van der Waals surface area contributed by atoms with Crippen LogP contribution in [0.2, 0.25) is 0 Å². The van der Waals surface area contributed by atoms with Crippen LogP contribution in [0.25, 0.3) is 10.9 Å². The number of tetrazole rings is 1. The number of rotatable bonds is 7. The Morgan fingerprint density at radius 2 is 2.17 bits per heavy atom. The number of halogens is 3. The highest BCUT2D eigenvalue weighted by molar-refractivity contribution is 5.90. The van der Waals surface area contributed by atoms with E-state index in [0.29, 0.717) is 12.4 Å². The van der Waals surface area contributed by atoms with E-state index < -0.39 is 12.8 Å². The van der Waals surface area contributed by atoms with Gasteiger partial charge in [-0.05, 0) is 22.6 Å². The predicted octanol–water partition coefficient (Wildman–Crippen LogP) is 1.74. The maximum absolute atomic E-state index is 12.0. The first kappa shape index (κ1) is 16.2. The average molecular weight is 341 g/mol. The van der Waals surface area contributed by atoms with Crippen LogP contribution < -0.4 is 5.32 Å². The number of alkyl halides is 3.